The molecule has 0 aliphatic heterocycles. The Morgan fingerprint density at radius 2 is 2.17 bits per heavy atom. The summed E-state index contributed by atoms with van der Waals surface area (Å²) in [6.07, 6.45) is 0.916. The second kappa shape index (κ2) is 8.36. The van der Waals surface area contributed by atoms with E-state index >= 15 is 0 Å². The zero-order chi connectivity index (χ0) is 13.2. The van der Waals surface area contributed by atoms with Crippen LogP contribution in [0.1, 0.15) is 13.3 Å². The molecule has 0 spiro atoms. The molecule has 3 N–H and O–H groups in total. The van der Waals surface area contributed by atoms with Crippen LogP contribution in [0.4, 0.5) is 10.5 Å². The molecule has 0 atom stereocenters. The summed E-state index contributed by atoms with van der Waals surface area (Å²) in [7, 11) is 1.60. The van der Waals surface area contributed by atoms with Crippen molar-refractivity contribution in [3.05, 3.63) is 24.3 Å². The zero-order valence-electron chi connectivity index (χ0n) is 11.0. The maximum atomic E-state index is 11.6. The van der Waals surface area contributed by atoms with Crippen LogP contribution in [0.15, 0.2) is 24.3 Å². The van der Waals surface area contributed by atoms with Crippen LogP contribution in [-0.2, 0) is 0 Å². The van der Waals surface area contributed by atoms with Crippen molar-refractivity contribution < 1.29 is 9.53 Å². The summed E-state index contributed by atoms with van der Waals surface area (Å²) in [6.45, 7) is 4.58. The predicted molar refractivity (Wildman–Crippen MR) is 73.2 cm³/mol. The van der Waals surface area contributed by atoms with E-state index in [1.165, 1.54) is 0 Å². The number of rotatable bonds is 7. The van der Waals surface area contributed by atoms with Gasteiger partial charge >= 0.3 is 6.03 Å². The fourth-order valence-corrected chi connectivity index (χ4v) is 1.47. The number of amides is 2. The van der Waals surface area contributed by atoms with Gasteiger partial charge in [0.1, 0.15) is 5.75 Å². The van der Waals surface area contributed by atoms with Gasteiger partial charge in [0.25, 0.3) is 0 Å². The summed E-state index contributed by atoms with van der Waals surface area (Å²) in [6, 6.07) is 7.07. The first-order valence-corrected chi connectivity index (χ1v) is 6.16. The van der Waals surface area contributed by atoms with E-state index < -0.39 is 0 Å². The molecule has 0 aliphatic rings. The average molecular weight is 251 g/mol. The van der Waals surface area contributed by atoms with E-state index in [0.717, 1.165) is 30.9 Å². The normalized spacial score (nSPS) is 9.89. The molecule has 18 heavy (non-hydrogen) atoms. The molecular weight excluding hydrogens is 230 g/mol. The number of anilines is 1. The van der Waals surface area contributed by atoms with Crippen LogP contribution in [0, 0.1) is 0 Å². The molecule has 0 saturated carbocycles. The Bertz CT molecular complexity index is 369. The number of nitrogens with one attached hydrogen (secondary N) is 3. The highest BCUT2D eigenvalue weighted by molar-refractivity contribution is 5.89. The van der Waals surface area contributed by atoms with Crippen LogP contribution in [-0.4, -0.2) is 32.8 Å². The smallest absolute Gasteiger partial charge is 0.319 e. The molecule has 1 aromatic carbocycles. The van der Waals surface area contributed by atoms with Gasteiger partial charge in [0.15, 0.2) is 0 Å². The van der Waals surface area contributed by atoms with Crippen molar-refractivity contribution in [3.63, 3.8) is 0 Å². The first-order valence-electron chi connectivity index (χ1n) is 6.16. The zero-order valence-corrected chi connectivity index (χ0v) is 11.0. The molecule has 0 heterocycles. The van der Waals surface area contributed by atoms with Gasteiger partial charge in [-0.3, -0.25) is 0 Å². The van der Waals surface area contributed by atoms with E-state index in [1.807, 2.05) is 18.2 Å². The highest BCUT2D eigenvalue weighted by Gasteiger charge is 2.01. The summed E-state index contributed by atoms with van der Waals surface area (Å²) in [5.41, 5.74) is 0.721. The van der Waals surface area contributed by atoms with Gasteiger partial charge in [-0.1, -0.05) is 13.0 Å². The van der Waals surface area contributed by atoms with E-state index in [0.29, 0.717) is 6.54 Å². The quantitative estimate of drug-likeness (QED) is 0.648. The number of carbonyl (C=O) groups is 1. The second-order valence-electron chi connectivity index (χ2n) is 3.82. The number of urea groups is 1. The summed E-state index contributed by atoms with van der Waals surface area (Å²) >= 11 is 0. The van der Waals surface area contributed by atoms with Gasteiger partial charge in [0, 0.05) is 18.3 Å². The highest BCUT2D eigenvalue weighted by Crippen LogP contribution is 2.16. The molecule has 0 saturated heterocycles. The SMILES string of the molecule is CCNCCCNC(=O)Nc1cccc(OC)c1. The van der Waals surface area contributed by atoms with Crippen molar-refractivity contribution in [2.24, 2.45) is 0 Å². The van der Waals surface area contributed by atoms with Gasteiger partial charge in [0.2, 0.25) is 0 Å². The van der Waals surface area contributed by atoms with Crippen molar-refractivity contribution >= 4 is 11.7 Å². The lowest BCUT2D eigenvalue weighted by Gasteiger charge is -2.08. The van der Waals surface area contributed by atoms with Gasteiger partial charge in [-0.05, 0) is 31.6 Å². The molecule has 0 fully saturated rings. The molecule has 1 aromatic rings. The van der Waals surface area contributed by atoms with Gasteiger partial charge in [-0.2, -0.15) is 0 Å². The topological polar surface area (TPSA) is 62.4 Å². The summed E-state index contributed by atoms with van der Waals surface area (Å²) in [4.78, 5) is 11.6. The third-order valence-corrected chi connectivity index (χ3v) is 2.39. The third-order valence-electron chi connectivity index (χ3n) is 2.39. The first-order chi connectivity index (χ1) is 8.76. The number of methoxy groups -OCH3 is 1. The first kappa shape index (κ1) is 14.3. The van der Waals surface area contributed by atoms with Crippen LogP contribution in [0.2, 0.25) is 0 Å². The molecule has 0 aromatic heterocycles. The number of carbonyl (C=O) groups excluding carboxylic acids is 1. The number of ether oxygens (including phenoxy) is 1. The molecular formula is C13H21N3O2. The minimum Gasteiger partial charge on any atom is -0.497 e. The van der Waals surface area contributed by atoms with E-state index in [-0.39, 0.29) is 6.03 Å². The fraction of sp³-hybridized carbons (Fsp3) is 0.462. The van der Waals surface area contributed by atoms with Gasteiger partial charge < -0.3 is 20.7 Å². The monoisotopic (exact) mass is 251 g/mol. The van der Waals surface area contributed by atoms with Crippen molar-refractivity contribution in [2.75, 3.05) is 32.1 Å². The van der Waals surface area contributed by atoms with E-state index in [4.69, 9.17) is 4.74 Å². The number of benzene rings is 1. The maximum Gasteiger partial charge on any atom is 0.319 e. The van der Waals surface area contributed by atoms with Crippen LogP contribution >= 0.6 is 0 Å². The number of hydrogen-bond acceptors (Lipinski definition) is 3. The van der Waals surface area contributed by atoms with Crippen LogP contribution in [0.25, 0.3) is 0 Å². The largest absolute Gasteiger partial charge is 0.497 e. The molecule has 5 heteroatoms. The van der Waals surface area contributed by atoms with Crippen molar-refractivity contribution in [1.29, 1.82) is 0 Å². The molecule has 100 valence electrons. The molecule has 0 aliphatic carbocycles. The van der Waals surface area contributed by atoms with E-state index in [2.05, 4.69) is 22.9 Å². The molecule has 5 nitrogen and oxygen atoms in total. The maximum absolute atomic E-state index is 11.6. The van der Waals surface area contributed by atoms with E-state index in [1.54, 1.807) is 13.2 Å². The van der Waals surface area contributed by atoms with Crippen LogP contribution in [0.5, 0.6) is 5.75 Å². The molecule has 0 bridgehead atoms. The Hall–Kier alpha value is -1.75. The minimum atomic E-state index is -0.195. The lowest BCUT2D eigenvalue weighted by Crippen LogP contribution is -2.31. The van der Waals surface area contributed by atoms with E-state index in [9.17, 15) is 4.79 Å². The average Bonchev–Trinajstić information content (AvgIpc) is 2.38. The Balaban J connectivity index is 2.26. The standard InChI is InChI=1S/C13H21N3O2/c1-3-14-8-5-9-15-13(17)16-11-6-4-7-12(10-11)18-2/h4,6-7,10,14H,3,5,8-9H2,1-2H3,(H2,15,16,17). The molecule has 2 amide bonds. The van der Waals surface area contributed by atoms with Crippen LogP contribution < -0.4 is 20.7 Å². The van der Waals surface area contributed by atoms with Crippen molar-refractivity contribution in [1.82, 2.24) is 10.6 Å². The molecule has 1 rings (SSSR count). The lowest BCUT2D eigenvalue weighted by molar-refractivity contribution is 0.252. The van der Waals surface area contributed by atoms with Crippen LogP contribution in [0.3, 0.4) is 0 Å². The summed E-state index contributed by atoms with van der Waals surface area (Å²) < 4.78 is 5.08. The lowest BCUT2D eigenvalue weighted by atomic mass is 10.3. The Morgan fingerprint density at radius 3 is 2.89 bits per heavy atom. The Morgan fingerprint density at radius 1 is 1.33 bits per heavy atom. The van der Waals surface area contributed by atoms with Gasteiger partial charge in [-0.15, -0.1) is 0 Å². The number of hydrogen-bond donors (Lipinski definition) is 3. The Kier molecular flexibility index (Phi) is 6.64. The molecule has 0 radical (unpaired) electrons. The van der Waals surface area contributed by atoms with Gasteiger partial charge in [0.05, 0.1) is 7.11 Å². The molecule has 0 unspecified atom stereocenters. The highest BCUT2D eigenvalue weighted by atomic mass is 16.5. The van der Waals surface area contributed by atoms with Crippen molar-refractivity contribution in [3.8, 4) is 5.75 Å². The summed E-state index contributed by atoms with van der Waals surface area (Å²) in [5, 5.41) is 8.75. The van der Waals surface area contributed by atoms with Crippen molar-refractivity contribution in [2.45, 2.75) is 13.3 Å². The Labute approximate surface area is 108 Å². The second-order valence-corrected chi connectivity index (χ2v) is 3.82. The van der Waals surface area contributed by atoms with Gasteiger partial charge in [-0.25, -0.2) is 4.79 Å². The predicted octanol–water partition coefficient (Wildman–Crippen LogP) is 1.82. The minimum absolute atomic E-state index is 0.195. The summed E-state index contributed by atoms with van der Waals surface area (Å²) in [5.74, 6) is 0.722. The fourth-order valence-electron chi connectivity index (χ4n) is 1.47. The third kappa shape index (κ3) is 5.54.